The highest BCUT2D eigenvalue weighted by molar-refractivity contribution is 8.00. The Labute approximate surface area is 140 Å². The summed E-state index contributed by atoms with van der Waals surface area (Å²) in [5.74, 6) is 0.413. The van der Waals surface area contributed by atoms with Gasteiger partial charge in [0.05, 0.1) is 10.9 Å². The number of benzene rings is 1. The van der Waals surface area contributed by atoms with Gasteiger partial charge in [0.1, 0.15) is 5.82 Å². The topological polar surface area (TPSA) is 49.4 Å². The zero-order chi connectivity index (χ0) is 16.8. The van der Waals surface area contributed by atoms with Gasteiger partial charge in [0.25, 0.3) is 0 Å². The molecular formula is C17H23FN2O2S. The van der Waals surface area contributed by atoms with Gasteiger partial charge >= 0.3 is 0 Å². The number of halogens is 1. The summed E-state index contributed by atoms with van der Waals surface area (Å²) in [6, 6.07) is 4.86. The SMILES string of the molecule is CC(=O)NCCCS[C@H]1CCCN(c2cc(C)ccc2F)C1=O. The summed E-state index contributed by atoms with van der Waals surface area (Å²) in [7, 11) is 0. The lowest BCUT2D eigenvalue weighted by Gasteiger charge is -2.32. The molecule has 1 N–H and O–H groups in total. The third kappa shape index (κ3) is 4.96. The van der Waals surface area contributed by atoms with E-state index >= 15 is 0 Å². The van der Waals surface area contributed by atoms with Crippen molar-refractivity contribution in [2.75, 3.05) is 23.7 Å². The largest absolute Gasteiger partial charge is 0.356 e. The molecule has 0 saturated carbocycles. The summed E-state index contributed by atoms with van der Waals surface area (Å²) in [6.07, 6.45) is 2.53. The molecule has 2 amide bonds. The number of hydrogen-bond acceptors (Lipinski definition) is 3. The molecule has 0 radical (unpaired) electrons. The summed E-state index contributed by atoms with van der Waals surface area (Å²) in [5, 5.41) is 2.62. The molecule has 126 valence electrons. The molecule has 1 fully saturated rings. The van der Waals surface area contributed by atoms with Crippen molar-refractivity contribution in [3.05, 3.63) is 29.6 Å². The number of carbonyl (C=O) groups excluding carboxylic acids is 2. The Hall–Kier alpha value is -1.56. The van der Waals surface area contributed by atoms with Crippen molar-refractivity contribution in [1.82, 2.24) is 5.32 Å². The van der Waals surface area contributed by atoms with Crippen LogP contribution in [0.5, 0.6) is 0 Å². The maximum Gasteiger partial charge on any atom is 0.240 e. The van der Waals surface area contributed by atoms with E-state index in [0.29, 0.717) is 18.8 Å². The number of thioether (sulfide) groups is 1. The normalized spacial score (nSPS) is 18.1. The molecule has 1 saturated heterocycles. The van der Waals surface area contributed by atoms with Gasteiger partial charge in [0.15, 0.2) is 0 Å². The lowest BCUT2D eigenvalue weighted by molar-refractivity contribution is -0.119. The number of piperidine rings is 1. The van der Waals surface area contributed by atoms with E-state index < -0.39 is 0 Å². The van der Waals surface area contributed by atoms with Crippen LogP contribution < -0.4 is 10.2 Å². The molecule has 4 nitrogen and oxygen atoms in total. The van der Waals surface area contributed by atoms with Crippen molar-refractivity contribution >= 4 is 29.3 Å². The first-order chi connectivity index (χ1) is 11.0. The van der Waals surface area contributed by atoms with E-state index in [2.05, 4.69) is 5.32 Å². The van der Waals surface area contributed by atoms with Crippen molar-refractivity contribution in [2.24, 2.45) is 0 Å². The first-order valence-corrected chi connectivity index (χ1v) is 8.97. The van der Waals surface area contributed by atoms with E-state index in [1.165, 1.54) is 13.0 Å². The molecule has 23 heavy (non-hydrogen) atoms. The fourth-order valence-electron chi connectivity index (χ4n) is 2.63. The van der Waals surface area contributed by atoms with Gasteiger partial charge in [0.2, 0.25) is 11.8 Å². The average molecular weight is 338 g/mol. The third-order valence-electron chi connectivity index (χ3n) is 3.80. The number of rotatable bonds is 6. The Morgan fingerprint density at radius 3 is 3.00 bits per heavy atom. The maximum atomic E-state index is 14.0. The minimum atomic E-state index is -0.347. The molecule has 0 bridgehead atoms. The fraction of sp³-hybridized carbons (Fsp3) is 0.529. The van der Waals surface area contributed by atoms with Crippen LogP contribution in [0.4, 0.5) is 10.1 Å². The van der Waals surface area contributed by atoms with Gasteiger partial charge < -0.3 is 10.2 Å². The highest BCUT2D eigenvalue weighted by Crippen LogP contribution is 2.30. The van der Waals surface area contributed by atoms with Crippen LogP contribution in [0.25, 0.3) is 0 Å². The lowest BCUT2D eigenvalue weighted by Crippen LogP contribution is -2.43. The molecule has 1 atom stereocenters. The van der Waals surface area contributed by atoms with Gasteiger partial charge in [-0.15, -0.1) is 11.8 Å². The second-order valence-corrected chi connectivity index (χ2v) is 7.09. The number of amides is 2. The van der Waals surface area contributed by atoms with Gasteiger partial charge in [0, 0.05) is 20.0 Å². The molecule has 0 aliphatic carbocycles. The fourth-order valence-corrected chi connectivity index (χ4v) is 3.83. The standard InChI is InChI=1S/C17H23FN2O2S/c1-12-6-7-14(18)15(11-12)20-9-3-5-16(17(20)22)23-10-4-8-19-13(2)21/h6-7,11,16H,3-5,8-10H2,1-2H3,(H,19,21)/t16-/m0/s1. The van der Waals surface area contributed by atoms with E-state index in [9.17, 15) is 14.0 Å². The van der Waals surface area contributed by atoms with Crippen LogP contribution in [-0.4, -0.2) is 35.9 Å². The predicted octanol–water partition coefficient (Wildman–Crippen LogP) is 2.89. The van der Waals surface area contributed by atoms with Crippen LogP contribution in [-0.2, 0) is 9.59 Å². The van der Waals surface area contributed by atoms with Crippen molar-refractivity contribution in [2.45, 2.75) is 38.4 Å². The van der Waals surface area contributed by atoms with Crippen molar-refractivity contribution in [3.63, 3.8) is 0 Å². The molecule has 0 unspecified atom stereocenters. The summed E-state index contributed by atoms with van der Waals surface area (Å²) >= 11 is 1.60. The summed E-state index contributed by atoms with van der Waals surface area (Å²) in [4.78, 5) is 25.0. The number of aryl methyl sites for hydroxylation is 1. The Kier molecular flexibility index (Phi) is 6.45. The minimum Gasteiger partial charge on any atom is -0.356 e. The Morgan fingerprint density at radius 2 is 2.26 bits per heavy atom. The minimum absolute atomic E-state index is 0.00900. The monoisotopic (exact) mass is 338 g/mol. The van der Waals surface area contributed by atoms with Gasteiger partial charge in [-0.1, -0.05) is 6.07 Å². The average Bonchev–Trinajstić information content (AvgIpc) is 2.51. The number of carbonyl (C=O) groups is 2. The molecule has 1 aliphatic heterocycles. The lowest BCUT2D eigenvalue weighted by atomic mass is 10.1. The zero-order valence-electron chi connectivity index (χ0n) is 13.6. The molecule has 1 aliphatic rings. The van der Waals surface area contributed by atoms with Gasteiger partial charge in [-0.05, 0) is 49.6 Å². The van der Waals surface area contributed by atoms with Crippen LogP contribution in [0.3, 0.4) is 0 Å². The number of hydrogen-bond donors (Lipinski definition) is 1. The van der Waals surface area contributed by atoms with E-state index in [-0.39, 0.29) is 22.9 Å². The van der Waals surface area contributed by atoms with Gasteiger partial charge in [-0.25, -0.2) is 4.39 Å². The smallest absolute Gasteiger partial charge is 0.240 e. The Bertz CT molecular complexity index is 580. The van der Waals surface area contributed by atoms with Crippen LogP contribution >= 0.6 is 11.8 Å². The molecule has 1 aromatic carbocycles. The van der Waals surface area contributed by atoms with E-state index in [1.807, 2.05) is 6.92 Å². The summed E-state index contributed by atoms with van der Waals surface area (Å²) < 4.78 is 14.0. The first-order valence-electron chi connectivity index (χ1n) is 7.92. The molecular weight excluding hydrogens is 315 g/mol. The van der Waals surface area contributed by atoms with Crippen molar-refractivity contribution in [3.8, 4) is 0 Å². The molecule has 1 heterocycles. The van der Waals surface area contributed by atoms with E-state index in [4.69, 9.17) is 0 Å². The number of anilines is 1. The van der Waals surface area contributed by atoms with Crippen LogP contribution in [0.15, 0.2) is 18.2 Å². The van der Waals surface area contributed by atoms with E-state index in [0.717, 1.165) is 30.6 Å². The third-order valence-corrected chi connectivity index (χ3v) is 5.16. The highest BCUT2D eigenvalue weighted by Gasteiger charge is 2.31. The van der Waals surface area contributed by atoms with Crippen LogP contribution in [0.1, 0.15) is 31.7 Å². The van der Waals surface area contributed by atoms with Crippen LogP contribution in [0, 0.1) is 12.7 Å². The second-order valence-electron chi connectivity index (χ2n) is 5.78. The van der Waals surface area contributed by atoms with Crippen LogP contribution in [0.2, 0.25) is 0 Å². The maximum absolute atomic E-state index is 14.0. The predicted molar refractivity (Wildman–Crippen MR) is 92.3 cm³/mol. The quantitative estimate of drug-likeness (QED) is 0.812. The van der Waals surface area contributed by atoms with Gasteiger partial charge in [-0.3, -0.25) is 9.59 Å². The molecule has 1 aromatic rings. The molecule has 2 rings (SSSR count). The Balaban J connectivity index is 1.93. The number of nitrogens with zero attached hydrogens (tertiary/aromatic N) is 1. The Morgan fingerprint density at radius 1 is 1.48 bits per heavy atom. The molecule has 6 heteroatoms. The summed E-state index contributed by atoms with van der Waals surface area (Å²) in [6.45, 7) is 4.58. The zero-order valence-corrected chi connectivity index (χ0v) is 14.4. The summed E-state index contributed by atoms with van der Waals surface area (Å²) in [5.41, 5.74) is 1.33. The molecule has 0 aromatic heterocycles. The van der Waals surface area contributed by atoms with E-state index in [1.54, 1.807) is 28.8 Å². The van der Waals surface area contributed by atoms with Crippen molar-refractivity contribution in [1.29, 1.82) is 0 Å². The van der Waals surface area contributed by atoms with Gasteiger partial charge in [-0.2, -0.15) is 0 Å². The highest BCUT2D eigenvalue weighted by atomic mass is 32.2. The van der Waals surface area contributed by atoms with Crippen molar-refractivity contribution < 1.29 is 14.0 Å². The second kappa shape index (κ2) is 8.34. The number of nitrogens with one attached hydrogen (secondary N) is 1. The molecule has 0 spiro atoms. The first kappa shape index (κ1) is 17.8.